The summed E-state index contributed by atoms with van der Waals surface area (Å²) in [6.07, 6.45) is 1.16. The molecule has 2 fully saturated rings. The minimum atomic E-state index is -2.36. The van der Waals surface area contributed by atoms with E-state index in [-0.39, 0.29) is 15.5 Å². The van der Waals surface area contributed by atoms with E-state index in [0.717, 1.165) is 24.7 Å². The van der Waals surface area contributed by atoms with Crippen molar-refractivity contribution in [3.05, 3.63) is 34.9 Å². The summed E-state index contributed by atoms with van der Waals surface area (Å²) in [6.45, 7) is 15.2. The van der Waals surface area contributed by atoms with Gasteiger partial charge in [0, 0.05) is 33.7 Å². The molecule has 2 atom stereocenters. The van der Waals surface area contributed by atoms with E-state index in [2.05, 4.69) is 53.7 Å². The fraction of sp³-hybridized carbons (Fsp3) is 0.684. The summed E-state index contributed by atoms with van der Waals surface area (Å²) >= 11 is 6.06. The van der Waals surface area contributed by atoms with Crippen LogP contribution in [0.15, 0.2) is 24.3 Å². The first-order valence-corrected chi connectivity index (χ1v) is 10.8. The zero-order valence-corrected chi connectivity index (χ0v) is 17.0. The average Bonchev–Trinajstić information content (AvgIpc) is 3.11. The molecule has 1 saturated heterocycles. The Labute approximate surface area is 146 Å². The van der Waals surface area contributed by atoms with Crippen LogP contribution < -0.4 is 0 Å². The standard InChI is InChI=1S/C19H29ClO2Si/c1-17(2,3)23(18(4,5)6)21-12-15-11-19(15,13-22-23)14-7-9-16(20)10-8-14/h7-10,15H,11-13H2,1-6H3/t15-,19+/m0/s1. The molecule has 0 N–H and O–H groups in total. The van der Waals surface area contributed by atoms with Crippen molar-refractivity contribution in [2.24, 2.45) is 5.92 Å². The predicted octanol–water partition coefficient (Wildman–Crippen LogP) is 5.69. The molecule has 1 aliphatic heterocycles. The normalized spacial score (nSPS) is 30.5. The molecule has 1 aromatic carbocycles. The highest BCUT2D eigenvalue weighted by molar-refractivity contribution is 6.73. The Morgan fingerprint density at radius 3 is 2.09 bits per heavy atom. The molecule has 3 rings (SSSR count). The third kappa shape index (κ3) is 2.70. The van der Waals surface area contributed by atoms with Crippen LogP contribution >= 0.6 is 11.6 Å². The second-order valence-corrected chi connectivity index (χ2v) is 14.5. The first kappa shape index (κ1) is 17.5. The number of benzene rings is 1. The quantitative estimate of drug-likeness (QED) is 0.604. The highest BCUT2D eigenvalue weighted by Gasteiger charge is 2.65. The van der Waals surface area contributed by atoms with Crippen molar-refractivity contribution in [2.45, 2.75) is 63.5 Å². The molecule has 4 heteroatoms. The summed E-state index contributed by atoms with van der Waals surface area (Å²) in [5.74, 6) is 0.572. The maximum absolute atomic E-state index is 6.75. The summed E-state index contributed by atoms with van der Waals surface area (Å²) in [5, 5.41) is 0.883. The molecule has 0 aromatic heterocycles. The van der Waals surface area contributed by atoms with Crippen molar-refractivity contribution in [1.29, 1.82) is 0 Å². The van der Waals surface area contributed by atoms with Gasteiger partial charge >= 0.3 is 8.56 Å². The van der Waals surface area contributed by atoms with Crippen LogP contribution in [0.4, 0.5) is 0 Å². The Morgan fingerprint density at radius 1 is 1.00 bits per heavy atom. The zero-order chi connectivity index (χ0) is 17.1. The molecule has 2 aliphatic rings. The first-order valence-electron chi connectivity index (χ1n) is 8.56. The van der Waals surface area contributed by atoms with E-state index in [1.54, 1.807) is 0 Å². The second-order valence-electron chi connectivity index (χ2n) is 9.28. The van der Waals surface area contributed by atoms with E-state index in [0.29, 0.717) is 5.92 Å². The van der Waals surface area contributed by atoms with Gasteiger partial charge in [0.2, 0.25) is 0 Å². The Balaban J connectivity index is 1.92. The van der Waals surface area contributed by atoms with Crippen LogP contribution in [0.3, 0.4) is 0 Å². The van der Waals surface area contributed by atoms with E-state index < -0.39 is 8.56 Å². The molecule has 0 radical (unpaired) electrons. The Morgan fingerprint density at radius 2 is 1.57 bits per heavy atom. The fourth-order valence-corrected chi connectivity index (χ4v) is 9.56. The monoisotopic (exact) mass is 352 g/mol. The van der Waals surface area contributed by atoms with Crippen LogP contribution in [0, 0.1) is 5.92 Å². The number of fused-ring (bicyclic) bond motifs is 1. The van der Waals surface area contributed by atoms with Gasteiger partial charge in [-0.05, 0) is 30.0 Å². The van der Waals surface area contributed by atoms with Crippen molar-refractivity contribution >= 4 is 20.2 Å². The predicted molar refractivity (Wildman–Crippen MR) is 98.3 cm³/mol. The van der Waals surface area contributed by atoms with Crippen molar-refractivity contribution < 1.29 is 8.85 Å². The maximum atomic E-state index is 6.75. The molecule has 0 spiro atoms. The summed E-state index contributed by atoms with van der Waals surface area (Å²) in [6, 6.07) is 8.30. The Hall–Kier alpha value is -0.353. The summed E-state index contributed by atoms with van der Waals surface area (Å²) in [5.41, 5.74) is 1.48. The van der Waals surface area contributed by atoms with E-state index in [1.165, 1.54) is 5.56 Å². The number of rotatable bonds is 1. The molecule has 0 amide bonds. The lowest BCUT2D eigenvalue weighted by atomic mass is 9.94. The molecular formula is C19H29ClO2Si. The molecule has 1 aliphatic carbocycles. The minimum absolute atomic E-state index is 0.0449. The summed E-state index contributed by atoms with van der Waals surface area (Å²) in [4.78, 5) is 0. The molecule has 1 heterocycles. The topological polar surface area (TPSA) is 18.5 Å². The largest absolute Gasteiger partial charge is 0.393 e. The van der Waals surface area contributed by atoms with E-state index >= 15 is 0 Å². The van der Waals surface area contributed by atoms with Crippen molar-refractivity contribution in [1.82, 2.24) is 0 Å². The Kier molecular flexibility index (Phi) is 4.04. The van der Waals surface area contributed by atoms with Crippen LogP contribution in [0.2, 0.25) is 15.1 Å². The highest BCUT2D eigenvalue weighted by atomic mass is 35.5. The highest BCUT2D eigenvalue weighted by Crippen LogP contribution is 2.61. The molecule has 1 saturated carbocycles. The average molecular weight is 353 g/mol. The van der Waals surface area contributed by atoms with E-state index in [9.17, 15) is 0 Å². The maximum Gasteiger partial charge on any atom is 0.349 e. The molecule has 0 unspecified atom stereocenters. The van der Waals surface area contributed by atoms with Crippen LogP contribution in [0.25, 0.3) is 0 Å². The number of hydrogen-bond acceptors (Lipinski definition) is 2. The molecule has 128 valence electrons. The lowest BCUT2D eigenvalue weighted by Crippen LogP contribution is -2.57. The van der Waals surface area contributed by atoms with E-state index in [1.807, 2.05) is 12.1 Å². The number of halogens is 1. The van der Waals surface area contributed by atoms with Crippen LogP contribution in [0.1, 0.15) is 53.5 Å². The van der Waals surface area contributed by atoms with Gasteiger partial charge in [-0.2, -0.15) is 0 Å². The molecular weight excluding hydrogens is 324 g/mol. The third-order valence-electron chi connectivity index (χ3n) is 5.65. The van der Waals surface area contributed by atoms with Gasteiger partial charge in [-0.1, -0.05) is 65.3 Å². The molecule has 0 bridgehead atoms. The lowest BCUT2D eigenvalue weighted by Gasteiger charge is -2.48. The van der Waals surface area contributed by atoms with Gasteiger partial charge in [-0.25, -0.2) is 0 Å². The van der Waals surface area contributed by atoms with Gasteiger partial charge in [0.15, 0.2) is 0 Å². The molecule has 2 nitrogen and oxygen atoms in total. The van der Waals surface area contributed by atoms with Crippen LogP contribution in [-0.4, -0.2) is 21.8 Å². The first-order chi connectivity index (χ1) is 10.5. The second kappa shape index (κ2) is 5.32. The van der Waals surface area contributed by atoms with Gasteiger partial charge in [0.25, 0.3) is 0 Å². The lowest BCUT2D eigenvalue weighted by molar-refractivity contribution is 0.137. The van der Waals surface area contributed by atoms with Gasteiger partial charge < -0.3 is 8.85 Å². The van der Waals surface area contributed by atoms with Crippen LogP contribution in [0.5, 0.6) is 0 Å². The third-order valence-corrected chi connectivity index (χ3v) is 11.0. The SMILES string of the molecule is CC(C)(C)[Si]1(C(C)(C)C)OC[C@@H]2C[C@]2(c2ccc(Cl)cc2)CO1. The van der Waals surface area contributed by atoms with Gasteiger partial charge in [0.05, 0.1) is 0 Å². The van der Waals surface area contributed by atoms with Gasteiger partial charge in [-0.3, -0.25) is 0 Å². The van der Waals surface area contributed by atoms with Gasteiger partial charge in [0.1, 0.15) is 0 Å². The Bertz CT molecular complexity index is 571. The molecule has 1 aromatic rings. The fourth-order valence-electron chi connectivity index (χ4n) is 4.48. The smallest absolute Gasteiger partial charge is 0.349 e. The zero-order valence-electron chi connectivity index (χ0n) is 15.2. The van der Waals surface area contributed by atoms with Crippen LogP contribution in [-0.2, 0) is 14.3 Å². The van der Waals surface area contributed by atoms with Crippen molar-refractivity contribution in [3.8, 4) is 0 Å². The number of hydrogen-bond donors (Lipinski definition) is 0. The minimum Gasteiger partial charge on any atom is -0.393 e. The van der Waals surface area contributed by atoms with Crippen molar-refractivity contribution in [2.75, 3.05) is 13.2 Å². The van der Waals surface area contributed by atoms with Gasteiger partial charge in [-0.15, -0.1) is 0 Å². The summed E-state index contributed by atoms with van der Waals surface area (Å²) < 4.78 is 13.4. The molecule has 23 heavy (non-hydrogen) atoms. The van der Waals surface area contributed by atoms with Crippen molar-refractivity contribution in [3.63, 3.8) is 0 Å². The summed E-state index contributed by atoms with van der Waals surface area (Å²) in [7, 11) is -2.36. The van der Waals surface area contributed by atoms with E-state index in [4.69, 9.17) is 20.5 Å².